The number of hydrogen-bond acceptors (Lipinski definition) is 8. The van der Waals surface area contributed by atoms with E-state index in [-0.39, 0.29) is 10.6 Å². The van der Waals surface area contributed by atoms with Crippen LogP contribution in [0.4, 0.5) is 11.6 Å². The van der Waals surface area contributed by atoms with Crippen LogP contribution in [-0.4, -0.2) is 60.8 Å². The van der Waals surface area contributed by atoms with Gasteiger partial charge in [0.25, 0.3) is 5.69 Å². The van der Waals surface area contributed by atoms with E-state index in [4.69, 9.17) is 9.97 Å². The highest BCUT2D eigenvalue weighted by Gasteiger charge is 2.25. The Morgan fingerprint density at radius 2 is 2.15 bits per heavy atom. The number of aromatic nitrogens is 4. The van der Waals surface area contributed by atoms with Crippen LogP contribution in [0.5, 0.6) is 0 Å². The highest BCUT2D eigenvalue weighted by Crippen LogP contribution is 2.39. The minimum atomic E-state index is -0.376. The molecule has 1 saturated heterocycles. The fraction of sp³-hybridized carbons (Fsp3) is 0.458. The number of piperidine rings is 1. The Balaban J connectivity index is 1.35. The molecule has 9 nitrogen and oxygen atoms in total. The Bertz CT molecular complexity index is 1180. The number of hydrogen-bond donors (Lipinski definition) is 1. The molecule has 1 N–H and O–H groups in total. The first-order valence-corrected chi connectivity index (χ1v) is 12.9. The van der Waals surface area contributed by atoms with Crippen LogP contribution in [0, 0.1) is 10.1 Å². The largest absolute Gasteiger partial charge is 0.354 e. The van der Waals surface area contributed by atoms with Crippen LogP contribution >= 0.6 is 11.8 Å². The van der Waals surface area contributed by atoms with E-state index in [1.54, 1.807) is 30.1 Å². The number of likely N-dealkylation sites (tertiary alicyclic amines) is 1. The lowest BCUT2D eigenvalue weighted by molar-refractivity contribution is -0.384. The van der Waals surface area contributed by atoms with Gasteiger partial charge in [0.2, 0.25) is 5.95 Å². The van der Waals surface area contributed by atoms with Crippen LogP contribution in [0.15, 0.2) is 41.7 Å². The number of anilines is 1. The Labute approximate surface area is 203 Å². The van der Waals surface area contributed by atoms with Gasteiger partial charge in [0.15, 0.2) is 5.16 Å². The monoisotopic (exact) mass is 479 g/mol. The van der Waals surface area contributed by atoms with Crippen molar-refractivity contribution < 1.29 is 4.92 Å². The van der Waals surface area contributed by atoms with Gasteiger partial charge in [-0.2, -0.15) is 0 Å². The first-order chi connectivity index (χ1) is 16.6. The number of nitrogens with one attached hydrogen (secondary N) is 1. The summed E-state index contributed by atoms with van der Waals surface area (Å²) in [7, 11) is 0. The average Bonchev–Trinajstić information content (AvgIpc) is 3.45. The van der Waals surface area contributed by atoms with Gasteiger partial charge in [0, 0.05) is 55.3 Å². The lowest BCUT2D eigenvalue weighted by Gasteiger charge is -2.33. The zero-order chi connectivity index (χ0) is 23.5. The second-order valence-electron chi connectivity index (χ2n) is 8.83. The molecule has 0 aliphatic carbocycles. The summed E-state index contributed by atoms with van der Waals surface area (Å²) in [6, 6.07) is 9.19. The topological polar surface area (TPSA) is 102 Å². The predicted octanol–water partition coefficient (Wildman–Crippen LogP) is 4.70. The molecule has 34 heavy (non-hydrogen) atoms. The number of imidazole rings is 1. The van der Waals surface area contributed by atoms with E-state index in [0.29, 0.717) is 12.0 Å². The number of fused-ring (bicyclic) bond motifs is 1. The van der Waals surface area contributed by atoms with Gasteiger partial charge < -0.3 is 14.8 Å². The molecule has 5 rings (SSSR count). The third-order valence-electron chi connectivity index (χ3n) is 6.55. The molecule has 0 saturated carbocycles. The number of thioether (sulfide) groups is 1. The second-order valence-corrected chi connectivity index (χ2v) is 9.89. The third-order valence-corrected chi connectivity index (χ3v) is 7.51. The predicted molar refractivity (Wildman–Crippen MR) is 134 cm³/mol. The van der Waals surface area contributed by atoms with E-state index >= 15 is 0 Å². The maximum absolute atomic E-state index is 11.3. The molecule has 0 amide bonds. The normalized spacial score (nSPS) is 18.1. The fourth-order valence-corrected chi connectivity index (χ4v) is 5.70. The lowest BCUT2D eigenvalue weighted by atomic mass is 10.0. The molecule has 2 aliphatic rings. The smallest absolute Gasteiger partial charge is 0.270 e. The average molecular weight is 480 g/mol. The SMILES string of the molecule is CC1CCCCN1CCCNc1nccc(-c2c(-c3cccc([N+](=O)[O-])c3)nc3n2CCS3)n1. The van der Waals surface area contributed by atoms with E-state index in [2.05, 4.69) is 26.7 Å². The van der Waals surface area contributed by atoms with E-state index in [9.17, 15) is 10.1 Å². The summed E-state index contributed by atoms with van der Waals surface area (Å²) in [4.78, 5) is 27.5. The summed E-state index contributed by atoms with van der Waals surface area (Å²) >= 11 is 1.69. The van der Waals surface area contributed by atoms with Gasteiger partial charge in [-0.1, -0.05) is 30.3 Å². The van der Waals surface area contributed by atoms with Gasteiger partial charge in [-0.15, -0.1) is 0 Å². The highest BCUT2D eigenvalue weighted by molar-refractivity contribution is 7.99. The van der Waals surface area contributed by atoms with Gasteiger partial charge in [0.05, 0.1) is 22.0 Å². The molecule has 0 radical (unpaired) electrons. The molecule has 1 fully saturated rings. The molecule has 10 heteroatoms. The molecular weight excluding hydrogens is 450 g/mol. The van der Waals surface area contributed by atoms with Crippen molar-refractivity contribution in [3.8, 4) is 22.6 Å². The highest BCUT2D eigenvalue weighted by atomic mass is 32.2. The first-order valence-electron chi connectivity index (χ1n) is 11.9. The molecule has 1 atom stereocenters. The number of non-ortho nitro benzene ring substituents is 1. The third kappa shape index (κ3) is 4.78. The van der Waals surface area contributed by atoms with E-state index in [1.165, 1.54) is 31.9 Å². The Morgan fingerprint density at radius 3 is 3.00 bits per heavy atom. The van der Waals surface area contributed by atoms with Crippen LogP contribution in [0.1, 0.15) is 32.6 Å². The van der Waals surface area contributed by atoms with Crippen LogP contribution in [0.2, 0.25) is 0 Å². The minimum absolute atomic E-state index is 0.0531. The summed E-state index contributed by atoms with van der Waals surface area (Å²) in [5.74, 6) is 1.55. The van der Waals surface area contributed by atoms with Crippen molar-refractivity contribution in [2.45, 2.75) is 50.4 Å². The zero-order valence-corrected chi connectivity index (χ0v) is 20.1. The molecule has 3 aromatic rings. The van der Waals surface area contributed by atoms with Crippen LogP contribution in [-0.2, 0) is 6.54 Å². The number of rotatable bonds is 8. The molecule has 178 valence electrons. The van der Waals surface area contributed by atoms with E-state index < -0.39 is 0 Å². The molecule has 4 heterocycles. The van der Waals surface area contributed by atoms with Crippen molar-refractivity contribution in [1.82, 2.24) is 24.4 Å². The number of benzene rings is 1. The summed E-state index contributed by atoms with van der Waals surface area (Å²) < 4.78 is 2.16. The van der Waals surface area contributed by atoms with Gasteiger partial charge in [0.1, 0.15) is 0 Å². The van der Waals surface area contributed by atoms with Gasteiger partial charge in [-0.05, 0) is 38.8 Å². The van der Waals surface area contributed by atoms with E-state index in [1.807, 2.05) is 12.1 Å². The maximum Gasteiger partial charge on any atom is 0.270 e. The van der Waals surface area contributed by atoms with Crippen molar-refractivity contribution in [2.24, 2.45) is 0 Å². The Hall–Kier alpha value is -2.98. The molecular formula is C24H29N7O2S. The van der Waals surface area contributed by atoms with Crippen LogP contribution < -0.4 is 5.32 Å². The van der Waals surface area contributed by atoms with Gasteiger partial charge >= 0.3 is 0 Å². The van der Waals surface area contributed by atoms with Crippen molar-refractivity contribution in [3.05, 3.63) is 46.6 Å². The quantitative estimate of drug-likeness (QED) is 0.282. The Morgan fingerprint density at radius 1 is 1.24 bits per heavy atom. The first kappa shape index (κ1) is 22.8. The number of nitro groups is 1. The number of nitrogens with zero attached hydrogens (tertiary/aromatic N) is 6. The molecule has 1 aromatic carbocycles. The van der Waals surface area contributed by atoms with E-state index in [0.717, 1.165) is 59.6 Å². The van der Waals surface area contributed by atoms with Gasteiger partial charge in [-0.25, -0.2) is 15.0 Å². The Kier molecular flexibility index (Phi) is 6.77. The summed E-state index contributed by atoms with van der Waals surface area (Å²) in [5, 5.41) is 15.6. The summed E-state index contributed by atoms with van der Waals surface area (Å²) in [6.07, 6.45) is 6.72. The molecule has 2 aromatic heterocycles. The second kappa shape index (κ2) is 10.1. The van der Waals surface area contributed by atoms with Crippen LogP contribution in [0.25, 0.3) is 22.6 Å². The maximum atomic E-state index is 11.3. The standard InChI is InChI=1S/C24H29N7O2S/c1-17-6-2-3-12-29(17)13-5-10-25-23-26-11-9-20(27-23)22-21(28-24-30(22)14-15-34-24)18-7-4-8-19(16-18)31(32)33/h4,7-9,11,16-17H,2-3,5-6,10,12-15H2,1H3,(H,25,26,27). The molecule has 1 unspecified atom stereocenters. The van der Waals surface area contributed by atoms with Crippen molar-refractivity contribution in [2.75, 3.05) is 30.7 Å². The van der Waals surface area contributed by atoms with Crippen molar-refractivity contribution in [1.29, 1.82) is 0 Å². The molecule has 0 bridgehead atoms. The molecule has 2 aliphatic heterocycles. The fourth-order valence-electron chi connectivity index (χ4n) is 4.75. The molecule has 0 spiro atoms. The lowest BCUT2D eigenvalue weighted by Crippen LogP contribution is -2.38. The summed E-state index contributed by atoms with van der Waals surface area (Å²) in [6.45, 7) is 6.24. The van der Waals surface area contributed by atoms with Crippen molar-refractivity contribution in [3.63, 3.8) is 0 Å². The minimum Gasteiger partial charge on any atom is -0.354 e. The van der Waals surface area contributed by atoms with Crippen LogP contribution in [0.3, 0.4) is 0 Å². The number of nitro benzene ring substituents is 1. The van der Waals surface area contributed by atoms with Gasteiger partial charge in [-0.3, -0.25) is 10.1 Å². The zero-order valence-electron chi connectivity index (χ0n) is 19.3. The van der Waals surface area contributed by atoms with Crippen molar-refractivity contribution >= 4 is 23.4 Å². The summed E-state index contributed by atoms with van der Waals surface area (Å²) in [5.41, 5.74) is 3.14.